The fourth-order valence-corrected chi connectivity index (χ4v) is 2.86. The van der Waals surface area contributed by atoms with Crippen LogP contribution in [0.4, 0.5) is 0 Å². The van der Waals surface area contributed by atoms with E-state index in [-0.39, 0.29) is 5.76 Å². The predicted molar refractivity (Wildman–Crippen MR) is 81.5 cm³/mol. The van der Waals surface area contributed by atoms with Crippen molar-refractivity contribution in [3.63, 3.8) is 0 Å². The molecule has 0 amide bonds. The summed E-state index contributed by atoms with van der Waals surface area (Å²) in [6.45, 7) is 4.56. The molecule has 1 aromatic carbocycles. The highest BCUT2D eigenvalue weighted by molar-refractivity contribution is 7.09. The summed E-state index contributed by atoms with van der Waals surface area (Å²) in [5.41, 5.74) is 1.53. The van der Waals surface area contributed by atoms with Crippen LogP contribution in [0.25, 0.3) is 11.0 Å². The highest BCUT2D eigenvalue weighted by Crippen LogP contribution is 2.33. The minimum absolute atomic E-state index is 0.204. The number of rotatable bonds is 4. The first-order chi connectivity index (χ1) is 10.2. The fourth-order valence-electron chi connectivity index (χ4n) is 2.04. The topological polar surface area (TPSA) is 59.0 Å². The Hall–Kier alpha value is -2.32. The summed E-state index contributed by atoms with van der Waals surface area (Å²) in [5, 5.41) is 13.0. The van der Waals surface area contributed by atoms with Gasteiger partial charge in [-0.15, -0.1) is 11.3 Å². The number of fused-ring (bicyclic) bond motifs is 1. The van der Waals surface area contributed by atoms with Crippen molar-refractivity contribution in [3.05, 3.63) is 46.1 Å². The molecule has 0 spiro atoms. The monoisotopic (exact) mass is 298 g/mol. The maximum Gasteiger partial charge on any atom is 0.246 e. The van der Waals surface area contributed by atoms with Crippen molar-refractivity contribution in [2.75, 3.05) is 0 Å². The molecule has 0 aliphatic heterocycles. The number of aromatic nitrogens is 1. The smallest absolute Gasteiger partial charge is 0.246 e. The van der Waals surface area contributed by atoms with Crippen LogP contribution in [0.2, 0.25) is 0 Å². The molecule has 4 nitrogen and oxygen atoms in total. The Morgan fingerprint density at radius 2 is 2.19 bits per heavy atom. The molecule has 0 atom stereocenters. The lowest BCUT2D eigenvalue weighted by atomic mass is 10.2. The fraction of sp³-hybridized carbons (Fsp3) is 0.250. The van der Waals surface area contributed by atoms with E-state index < -0.39 is 0 Å². The zero-order valence-electron chi connectivity index (χ0n) is 11.8. The molecule has 21 heavy (non-hydrogen) atoms. The second kappa shape index (κ2) is 5.58. The average molecular weight is 298 g/mol. The van der Waals surface area contributed by atoms with E-state index in [0.29, 0.717) is 23.9 Å². The third-order valence-corrected chi connectivity index (χ3v) is 4.27. The Kier molecular flexibility index (Phi) is 3.63. The highest BCUT2D eigenvalue weighted by Gasteiger charge is 2.15. The molecule has 3 rings (SSSR count). The van der Waals surface area contributed by atoms with Gasteiger partial charge < -0.3 is 9.15 Å². The molecule has 0 fully saturated rings. The van der Waals surface area contributed by atoms with Gasteiger partial charge in [0.2, 0.25) is 5.76 Å². The van der Waals surface area contributed by atoms with E-state index in [1.165, 1.54) is 0 Å². The second-order valence-electron chi connectivity index (χ2n) is 4.99. The zero-order chi connectivity index (χ0) is 14.8. The van der Waals surface area contributed by atoms with E-state index in [0.717, 1.165) is 16.1 Å². The maximum absolute atomic E-state index is 9.16. The Labute approximate surface area is 126 Å². The Balaban J connectivity index is 1.86. The van der Waals surface area contributed by atoms with E-state index in [2.05, 4.69) is 18.8 Å². The number of para-hydroxylation sites is 1. The van der Waals surface area contributed by atoms with Crippen molar-refractivity contribution in [3.8, 4) is 11.8 Å². The lowest BCUT2D eigenvalue weighted by molar-refractivity contribution is 0.299. The maximum atomic E-state index is 9.16. The van der Waals surface area contributed by atoms with Crippen LogP contribution in [-0.2, 0) is 6.61 Å². The SMILES string of the molecule is CC(C)c1nc(COc2c(C#N)oc3ccccc23)cs1. The summed E-state index contributed by atoms with van der Waals surface area (Å²) < 4.78 is 11.3. The van der Waals surface area contributed by atoms with Gasteiger partial charge in [-0.25, -0.2) is 4.98 Å². The largest absolute Gasteiger partial charge is 0.482 e. The standard InChI is InChI=1S/C16H14N2O2S/c1-10(2)16-18-11(9-21-16)8-19-15-12-5-3-4-6-13(12)20-14(15)7-17/h3-6,9-10H,8H2,1-2H3. The van der Waals surface area contributed by atoms with Crippen molar-refractivity contribution in [2.24, 2.45) is 0 Å². The third kappa shape index (κ3) is 2.63. The lowest BCUT2D eigenvalue weighted by Crippen LogP contribution is -1.97. The molecule has 3 aromatic rings. The minimum Gasteiger partial charge on any atom is -0.482 e. The van der Waals surface area contributed by atoms with Crippen molar-refractivity contribution < 1.29 is 9.15 Å². The van der Waals surface area contributed by atoms with E-state index in [1.807, 2.05) is 35.7 Å². The van der Waals surface area contributed by atoms with E-state index in [9.17, 15) is 0 Å². The summed E-state index contributed by atoms with van der Waals surface area (Å²) in [5.74, 6) is 1.11. The van der Waals surface area contributed by atoms with Gasteiger partial charge in [0.15, 0.2) is 5.75 Å². The summed E-state index contributed by atoms with van der Waals surface area (Å²) >= 11 is 1.63. The van der Waals surface area contributed by atoms with Crippen molar-refractivity contribution in [2.45, 2.75) is 26.4 Å². The van der Waals surface area contributed by atoms with Crippen LogP contribution < -0.4 is 4.74 Å². The third-order valence-electron chi connectivity index (χ3n) is 3.08. The van der Waals surface area contributed by atoms with E-state index in [4.69, 9.17) is 14.4 Å². The number of hydrogen-bond acceptors (Lipinski definition) is 5. The lowest BCUT2D eigenvalue weighted by Gasteiger charge is -2.02. The number of nitrogens with zero attached hydrogens (tertiary/aromatic N) is 2. The zero-order valence-corrected chi connectivity index (χ0v) is 12.6. The molecule has 0 saturated carbocycles. The number of hydrogen-bond donors (Lipinski definition) is 0. The van der Waals surface area contributed by atoms with Gasteiger partial charge in [0.1, 0.15) is 18.3 Å². The quantitative estimate of drug-likeness (QED) is 0.713. The Morgan fingerprint density at radius 1 is 1.38 bits per heavy atom. The van der Waals surface area contributed by atoms with Crippen LogP contribution in [-0.4, -0.2) is 4.98 Å². The molecule has 106 valence electrons. The van der Waals surface area contributed by atoms with Crippen LogP contribution in [0.5, 0.6) is 5.75 Å². The number of thiazole rings is 1. The molecule has 0 unspecified atom stereocenters. The molecule has 0 aliphatic carbocycles. The molecule has 0 radical (unpaired) electrons. The van der Waals surface area contributed by atoms with Crippen LogP contribution in [0, 0.1) is 11.3 Å². The van der Waals surface area contributed by atoms with Crippen LogP contribution in [0.15, 0.2) is 34.1 Å². The molecular weight excluding hydrogens is 284 g/mol. The summed E-state index contributed by atoms with van der Waals surface area (Å²) in [6, 6.07) is 9.50. The Bertz CT molecular complexity index is 811. The first kappa shape index (κ1) is 13.7. The molecule has 0 N–H and O–H groups in total. The molecule has 2 heterocycles. The summed E-state index contributed by atoms with van der Waals surface area (Å²) in [7, 11) is 0. The molecule has 5 heteroatoms. The molecular formula is C16H14N2O2S. The number of nitriles is 1. The van der Waals surface area contributed by atoms with Gasteiger partial charge in [-0.1, -0.05) is 26.0 Å². The van der Waals surface area contributed by atoms with Gasteiger partial charge in [0, 0.05) is 11.3 Å². The minimum atomic E-state index is 0.204. The average Bonchev–Trinajstić information content (AvgIpc) is 3.09. The molecule has 0 bridgehead atoms. The van der Waals surface area contributed by atoms with Crippen LogP contribution in [0.1, 0.15) is 36.2 Å². The van der Waals surface area contributed by atoms with Crippen LogP contribution in [0.3, 0.4) is 0 Å². The number of ether oxygens (including phenoxy) is 1. The van der Waals surface area contributed by atoms with Gasteiger partial charge in [-0.2, -0.15) is 5.26 Å². The van der Waals surface area contributed by atoms with Crippen molar-refractivity contribution in [1.82, 2.24) is 4.98 Å². The second-order valence-corrected chi connectivity index (χ2v) is 5.88. The molecule has 2 aromatic heterocycles. The van der Waals surface area contributed by atoms with Gasteiger partial charge in [-0.05, 0) is 12.1 Å². The Morgan fingerprint density at radius 3 is 2.90 bits per heavy atom. The van der Waals surface area contributed by atoms with Crippen molar-refractivity contribution >= 4 is 22.3 Å². The first-order valence-corrected chi connectivity index (χ1v) is 7.55. The number of furan rings is 1. The molecule has 0 aliphatic rings. The van der Waals surface area contributed by atoms with Crippen molar-refractivity contribution in [1.29, 1.82) is 5.26 Å². The predicted octanol–water partition coefficient (Wildman–Crippen LogP) is 4.46. The normalized spacial score (nSPS) is 11.0. The number of benzene rings is 1. The van der Waals surface area contributed by atoms with Crippen LogP contribution >= 0.6 is 11.3 Å². The van der Waals surface area contributed by atoms with Gasteiger partial charge >= 0.3 is 0 Å². The van der Waals surface area contributed by atoms with Gasteiger partial charge in [-0.3, -0.25) is 0 Å². The summed E-state index contributed by atoms with van der Waals surface area (Å²) in [4.78, 5) is 4.52. The van der Waals surface area contributed by atoms with Gasteiger partial charge in [0.25, 0.3) is 0 Å². The molecule has 0 saturated heterocycles. The van der Waals surface area contributed by atoms with E-state index in [1.54, 1.807) is 11.3 Å². The van der Waals surface area contributed by atoms with E-state index >= 15 is 0 Å². The van der Waals surface area contributed by atoms with Gasteiger partial charge in [0.05, 0.1) is 16.1 Å². The highest BCUT2D eigenvalue weighted by atomic mass is 32.1. The summed E-state index contributed by atoms with van der Waals surface area (Å²) in [6.07, 6.45) is 0. The first-order valence-electron chi connectivity index (χ1n) is 6.67.